The first-order chi connectivity index (χ1) is 12.0. The van der Waals surface area contributed by atoms with E-state index in [4.69, 9.17) is 4.74 Å². The van der Waals surface area contributed by atoms with Gasteiger partial charge in [0.1, 0.15) is 12.4 Å². The van der Waals surface area contributed by atoms with E-state index in [2.05, 4.69) is 10.1 Å². The maximum atomic E-state index is 12.5. The SMILES string of the molecule is COC(=O)[C@@H](NC(=O)c1ccccc1OCc1ccccc1)C(C)O. The molecule has 1 unspecified atom stereocenters. The Hall–Kier alpha value is -2.86. The molecule has 6 nitrogen and oxygen atoms in total. The van der Waals surface area contributed by atoms with E-state index in [9.17, 15) is 14.7 Å². The minimum Gasteiger partial charge on any atom is -0.488 e. The quantitative estimate of drug-likeness (QED) is 0.750. The van der Waals surface area contributed by atoms with E-state index in [1.807, 2.05) is 30.3 Å². The average molecular weight is 343 g/mol. The second-order valence-corrected chi connectivity index (χ2v) is 5.49. The van der Waals surface area contributed by atoms with Gasteiger partial charge in [-0.15, -0.1) is 0 Å². The third-order valence-electron chi connectivity index (χ3n) is 3.59. The van der Waals surface area contributed by atoms with E-state index in [1.54, 1.807) is 24.3 Å². The van der Waals surface area contributed by atoms with Crippen molar-refractivity contribution in [3.05, 3.63) is 65.7 Å². The Kier molecular flexibility index (Phi) is 6.54. The van der Waals surface area contributed by atoms with Crippen LogP contribution < -0.4 is 10.1 Å². The number of hydrogen-bond donors (Lipinski definition) is 2. The summed E-state index contributed by atoms with van der Waals surface area (Å²) in [5, 5.41) is 12.2. The van der Waals surface area contributed by atoms with Gasteiger partial charge in [0.25, 0.3) is 5.91 Å². The van der Waals surface area contributed by atoms with Crippen molar-refractivity contribution in [2.45, 2.75) is 25.7 Å². The predicted octanol–water partition coefficient (Wildman–Crippen LogP) is 1.92. The van der Waals surface area contributed by atoms with E-state index < -0.39 is 24.0 Å². The number of para-hydroxylation sites is 1. The van der Waals surface area contributed by atoms with Gasteiger partial charge in [0, 0.05) is 0 Å². The zero-order valence-electron chi connectivity index (χ0n) is 14.1. The van der Waals surface area contributed by atoms with Crippen molar-refractivity contribution >= 4 is 11.9 Å². The molecule has 0 aliphatic rings. The minimum absolute atomic E-state index is 0.271. The molecule has 25 heavy (non-hydrogen) atoms. The number of carbonyl (C=O) groups excluding carboxylic acids is 2. The van der Waals surface area contributed by atoms with Crippen LogP contribution in [0.25, 0.3) is 0 Å². The highest BCUT2D eigenvalue weighted by atomic mass is 16.5. The summed E-state index contributed by atoms with van der Waals surface area (Å²) in [7, 11) is 1.20. The number of aliphatic hydroxyl groups is 1. The number of methoxy groups -OCH3 is 1. The van der Waals surface area contributed by atoms with Crippen LogP contribution in [-0.4, -0.2) is 36.2 Å². The van der Waals surface area contributed by atoms with Gasteiger partial charge in [-0.25, -0.2) is 4.79 Å². The van der Waals surface area contributed by atoms with Crippen LogP contribution in [0.5, 0.6) is 5.75 Å². The summed E-state index contributed by atoms with van der Waals surface area (Å²) in [6, 6.07) is 15.1. The van der Waals surface area contributed by atoms with Crippen LogP contribution in [-0.2, 0) is 16.1 Å². The van der Waals surface area contributed by atoms with Crippen LogP contribution in [0.15, 0.2) is 54.6 Å². The molecule has 0 bridgehead atoms. The first-order valence-corrected chi connectivity index (χ1v) is 7.85. The van der Waals surface area contributed by atoms with Gasteiger partial charge in [-0.2, -0.15) is 0 Å². The van der Waals surface area contributed by atoms with Crippen molar-refractivity contribution in [3.8, 4) is 5.75 Å². The van der Waals surface area contributed by atoms with E-state index in [0.29, 0.717) is 12.4 Å². The number of ether oxygens (including phenoxy) is 2. The third-order valence-corrected chi connectivity index (χ3v) is 3.59. The topological polar surface area (TPSA) is 84.9 Å². The van der Waals surface area contributed by atoms with Crippen LogP contribution in [0.1, 0.15) is 22.8 Å². The van der Waals surface area contributed by atoms with Gasteiger partial charge >= 0.3 is 5.97 Å². The number of nitrogens with one attached hydrogen (secondary N) is 1. The first kappa shape index (κ1) is 18.5. The number of amides is 1. The standard InChI is InChI=1S/C19H21NO5/c1-13(21)17(19(23)24-2)20-18(22)15-10-6-7-11-16(15)25-12-14-8-4-3-5-9-14/h3-11,13,17,21H,12H2,1-2H3,(H,20,22)/t13?,17-/m0/s1. The maximum Gasteiger partial charge on any atom is 0.331 e. The van der Waals surface area contributed by atoms with Gasteiger partial charge in [0.15, 0.2) is 6.04 Å². The van der Waals surface area contributed by atoms with E-state index >= 15 is 0 Å². The zero-order chi connectivity index (χ0) is 18.2. The molecule has 2 N–H and O–H groups in total. The highest BCUT2D eigenvalue weighted by Gasteiger charge is 2.27. The Morgan fingerprint density at radius 1 is 1.08 bits per heavy atom. The Morgan fingerprint density at radius 2 is 1.72 bits per heavy atom. The number of rotatable bonds is 7. The highest BCUT2D eigenvalue weighted by molar-refractivity contribution is 5.99. The lowest BCUT2D eigenvalue weighted by Gasteiger charge is -2.19. The summed E-state index contributed by atoms with van der Waals surface area (Å²) < 4.78 is 10.3. The Morgan fingerprint density at radius 3 is 2.36 bits per heavy atom. The molecule has 6 heteroatoms. The van der Waals surface area contributed by atoms with Gasteiger partial charge in [-0.05, 0) is 24.6 Å². The third kappa shape index (κ3) is 5.06. The van der Waals surface area contributed by atoms with Crippen LogP contribution in [0.3, 0.4) is 0 Å². The summed E-state index contributed by atoms with van der Waals surface area (Å²) in [5.41, 5.74) is 1.24. The molecule has 2 rings (SSSR count). The molecule has 0 saturated heterocycles. The average Bonchev–Trinajstić information content (AvgIpc) is 2.64. The summed E-state index contributed by atoms with van der Waals surface area (Å²) in [5.74, 6) is -0.857. The minimum atomic E-state index is -1.15. The summed E-state index contributed by atoms with van der Waals surface area (Å²) >= 11 is 0. The lowest BCUT2D eigenvalue weighted by atomic mass is 10.1. The van der Waals surface area contributed by atoms with E-state index in [0.717, 1.165) is 5.56 Å². The molecule has 132 valence electrons. The fourth-order valence-corrected chi connectivity index (χ4v) is 2.24. The van der Waals surface area contributed by atoms with Crippen molar-refractivity contribution < 1.29 is 24.2 Å². The molecule has 2 aromatic carbocycles. The maximum absolute atomic E-state index is 12.5. The molecule has 0 heterocycles. The summed E-state index contributed by atoms with van der Waals surface area (Å²) in [6.45, 7) is 1.71. The van der Waals surface area contributed by atoms with Crippen LogP contribution in [0.2, 0.25) is 0 Å². The molecule has 1 amide bonds. The second-order valence-electron chi connectivity index (χ2n) is 5.49. The molecule has 2 atom stereocenters. The van der Waals surface area contributed by atoms with Gasteiger partial charge in [-0.1, -0.05) is 42.5 Å². The molecule has 2 aromatic rings. The number of benzene rings is 2. The van der Waals surface area contributed by atoms with Gasteiger partial charge in [-0.3, -0.25) is 4.79 Å². The number of carbonyl (C=O) groups is 2. The molecule has 0 fully saturated rings. The number of esters is 1. The lowest BCUT2D eigenvalue weighted by Crippen LogP contribution is -2.48. The molecule has 0 aromatic heterocycles. The van der Waals surface area contributed by atoms with Gasteiger partial charge in [0.2, 0.25) is 0 Å². The molecule has 0 aliphatic carbocycles. The molecule has 0 spiro atoms. The fraction of sp³-hybridized carbons (Fsp3) is 0.263. The van der Waals surface area contributed by atoms with Crippen molar-refractivity contribution in [3.63, 3.8) is 0 Å². The van der Waals surface area contributed by atoms with Crippen LogP contribution >= 0.6 is 0 Å². The highest BCUT2D eigenvalue weighted by Crippen LogP contribution is 2.19. The number of hydrogen-bond acceptors (Lipinski definition) is 5. The molecular formula is C19H21NO5. The first-order valence-electron chi connectivity index (χ1n) is 7.85. The second kappa shape index (κ2) is 8.84. The fourth-order valence-electron chi connectivity index (χ4n) is 2.24. The predicted molar refractivity (Wildman–Crippen MR) is 92.2 cm³/mol. The molecule has 0 aliphatic heterocycles. The van der Waals surface area contributed by atoms with Crippen molar-refractivity contribution in [1.82, 2.24) is 5.32 Å². The van der Waals surface area contributed by atoms with Crippen LogP contribution in [0.4, 0.5) is 0 Å². The largest absolute Gasteiger partial charge is 0.488 e. The summed E-state index contributed by atoms with van der Waals surface area (Å²) in [4.78, 5) is 24.2. The molecule has 0 saturated carbocycles. The molecular weight excluding hydrogens is 322 g/mol. The van der Waals surface area contributed by atoms with Crippen molar-refractivity contribution in [1.29, 1.82) is 0 Å². The summed E-state index contributed by atoms with van der Waals surface area (Å²) in [6.07, 6.45) is -1.09. The van der Waals surface area contributed by atoms with E-state index in [1.165, 1.54) is 14.0 Å². The van der Waals surface area contributed by atoms with Gasteiger partial charge in [0.05, 0.1) is 18.8 Å². The van der Waals surface area contributed by atoms with Crippen molar-refractivity contribution in [2.75, 3.05) is 7.11 Å². The molecule has 0 radical (unpaired) electrons. The monoisotopic (exact) mass is 343 g/mol. The lowest BCUT2D eigenvalue weighted by molar-refractivity contribution is -0.145. The number of aliphatic hydroxyl groups excluding tert-OH is 1. The van der Waals surface area contributed by atoms with E-state index in [-0.39, 0.29) is 5.56 Å². The van der Waals surface area contributed by atoms with Crippen molar-refractivity contribution in [2.24, 2.45) is 0 Å². The Labute approximate surface area is 146 Å². The normalized spacial score (nSPS) is 12.8. The zero-order valence-corrected chi connectivity index (χ0v) is 14.1. The Balaban J connectivity index is 2.13. The van der Waals surface area contributed by atoms with Crippen LogP contribution in [0, 0.1) is 0 Å². The van der Waals surface area contributed by atoms with Gasteiger partial charge < -0.3 is 19.9 Å². The smallest absolute Gasteiger partial charge is 0.331 e. The Bertz CT molecular complexity index is 715.